The molecule has 176 valence electrons. The van der Waals surface area contributed by atoms with Crippen molar-refractivity contribution in [3.63, 3.8) is 0 Å². The van der Waals surface area contributed by atoms with Gasteiger partial charge < -0.3 is 25.2 Å². The van der Waals surface area contributed by atoms with Crippen molar-refractivity contribution in [2.24, 2.45) is 0 Å². The molecule has 0 unspecified atom stereocenters. The minimum atomic E-state index is -0.566. The average molecular weight is 450 g/mol. The number of piperazine rings is 1. The van der Waals surface area contributed by atoms with Gasteiger partial charge in [-0.25, -0.2) is 9.18 Å². The quantitative estimate of drug-likeness (QED) is 0.681. The second-order valence-corrected chi connectivity index (χ2v) is 9.16. The molecule has 10 heteroatoms. The molecule has 32 heavy (non-hydrogen) atoms. The molecule has 1 atom stereocenters. The molecular weight excluding hydrogens is 417 g/mol. The van der Waals surface area contributed by atoms with E-state index in [9.17, 15) is 18.8 Å². The number of hydrogen-bond acceptors (Lipinski definition) is 6. The van der Waals surface area contributed by atoms with E-state index in [0.717, 1.165) is 0 Å². The molecule has 0 aliphatic carbocycles. The van der Waals surface area contributed by atoms with Gasteiger partial charge in [-0.3, -0.25) is 14.5 Å². The number of halogens is 1. The maximum atomic E-state index is 14.9. The Balaban J connectivity index is 1.56. The van der Waals surface area contributed by atoms with Crippen LogP contribution in [0.2, 0.25) is 0 Å². The van der Waals surface area contributed by atoms with Gasteiger partial charge in [0.25, 0.3) is 0 Å². The van der Waals surface area contributed by atoms with Crippen LogP contribution in [0.25, 0.3) is 0 Å². The molecule has 0 saturated carbocycles. The standard InChI is InChI=1S/C22H32FN5O4/c1-15(29)24-12-17-14-28(21(31)32-17)16-5-6-19(18(23)11-16)26-7-9-27(10-8-26)20(30)13-25-22(2,3)4/h5-6,11,17,25H,7-10,12-14H2,1-4H3,(H,24,29)/t17-/m0/s1. The number of carbonyl (C=O) groups is 3. The van der Waals surface area contributed by atoms with E-state index in [0.29, 0.717) is 37.6 Å². The third-order valence-electron chi connectivity index (χ3n) is 5.44. The number of amides is 3. The lowest BCUT2D eigenvalue weighted by molar-refractivity contribution is -0.130. The summed E-state index contributed by atoms with van der Waals surface area (Å²) in [5.74, 6) is -0.603. The normalized spacial score (nSPS) is 19.2. The van der Waals surface area contributed by atoms with E-state index in [1.165, 1.54) is 17.9 Å². The minimum Gasteiger partial charge on any atom is -0.442 e. The van der Waals surface area contributed by atoms with Crippen molar-refractivity contribution in [1.82, 2.24) is 15.5 Å². The summed E-state index contributed by atoms with van der Waals surface area (Å²) >= 11 is 0. The van der Waals surface area contributed by atoms with Crippen molar-refractivity contribution in [2.45, 2.75) is 39.3 Å². The summed E-state index contributed by atoms with van der Waals surface area (Å²) in [7, 11) is 0. The van der Waals surface area contributed by atoms with Crippen LogP contribution < -0.4 is 20.4 Å². The molecule has 0 bridgehead atoms. The summed E-state index contributed by atoms with van der Waals surface area (Å²) in [5.41, 5.74) is 0.716. The van der Waals surface area contributed by atoms with Crippen molar-refractivity contribution >= 4 is 29.3 Å². The maximum absolute atomic E-state index is 14.9. The van der Waals surface area contributed by atoms with Crippen LogP contribution in [0, 0.1) is 5.82 Å². The highest BCUT2D eigenvalue weighted by Gasteiger charge is 2.33. The molecule has 9 nitrogen and oxygen atoms in total. The van der Waals surface area contributed by atoms with Crippen molar-refractivity contribution in [3.8, 4) is 0 Å². The maximum Gasteiger partial charge on any atom is 0.414 e. The molecule has 3 amide bonds. The van der Waals surface area contributed by atoms with Crippen LogP contribution in [0.1, 0.15) is 27.7 Å². The minimum absolute atomic E-state index is 0.0387. The average Bonchev–Trinajstić information content (AvgIpc) is 3.10. The number of benzene rings is 1. The SMILES string of the molecule is CC(=O)NC[C@H]1CN(c2ccc(N3CCN(C(=O)CNC(C)(C)C)CC3)c(F)c2)C(=O)O1. The Morgan fingerprint density at radius 2 is 1.88 bits per heavy atom. The first kappa shape index (κ1) is 23.8. The highest BCUT2D eigenvalue weighted by Crippen LogP contribution is 2.28. The molecule has 2 aliphatic rings. The molecule has 0 radical (unpaired) electrons. The number of nitrogens with one attached hydrogen (secondary N) is 2. The molecule has 0 aromatic heterocycles. The lowest BCUT2D eigenvalue weighted by Gasteiger charge is -2.37. The first-order valence-electron chi connectivity index (χ1n) is 10.8. The zero-order chi connectivity index (χ0) is 23.5. The number of cyclic esters (lactones) is 1. The topological polar surface area (TPSA) is 94.2 Å². The third kappa shape index (κ3) is 6.09. The van der Waals surface area contributed by atoms with E-state index in [2.05, 4.69) is 10.6 Å². The van der Waals surface area contributed by atoms with Crippen molar-refractivity contribution in [1.29, 1.82) is 0 Å². The lowest BCUT2D eigenvalue weighted by atomic mass is 10.1. The number of nitrogens with zero attached hydrogens (tertiary/aromatic N) is 3. The largest absolute Gasteiger partial charge is 0.442 e. The van der Waals surface area contributed by atoms with Crippen LogP contribution >= 0.6 is 0 Å². The first-order chi connectivity index (χ1) is 15.0. The summed E-state index contributed by atoms with van der Waals surface area (Å²) in [5, 5.41) is 5.81. The van der Waals surface area contributed by atoms with Gasteiger partial charge in [-0.1, -0.05) is 0 Å². The summed E-state index contributed by atoms with van der Waals surface area (Å²) < 4.78 is 20.1. The van der Waals surface area contributed by atoms with Gasteiger partial charge in [0.2, 0.25) is 11.8 Å². The second-order valence-electron chi connectivity index (χ2n) is 9.16. The Morgan fingerprint density at radius 1 is 1.19 bits per heavy atom. The van der Waals surface area contributed by atoms with Gasteiger partial charge >= 0.3 is 6.09 Å². The van der Waals surface area contributed by atoms with Crippen molar-refractivity contribution in [3.05, 3.63) is 24.0 Å². The van der Waals surface area contributed by atoms with Crippen LogP contribution in [0.3, 0.4) is 0 Å². The van der Waals surface area contributed by atoms with Crippen molar-refractivity contribution in [2.75, 3.05) is 55.6 Å². The molecule has 1 aromatic rings. The Morgan fingerprint density at radius 3 is 2.47 bits per heavy atom. The fourth-order valence-corrected chi connectivity index (χ4v) is 3.67. The lowest BCUT2D eigenvalue weighted by Crippen LogP contribution is -2.52. The molecule has 1 aromatic carbocycles. The molecular formula is C22H32FN5O4. The first-order valence-corrected chi connectivity index (χ1v) is 10.8. The fourth-order valence-electron chi connectivity index (χ4n) is 3.67. The number of anilines is 2. The summed E-state index contributed by atoms with van der Waals surface area (Å²) in [6.45, 7) is 10.3. The Bertz CT molecular complexity index is 864. The van der Waals surface area contributed by atoms with Gasteiger partial charge in [-0.2, -0.15) is 0 Å². The predicted molar refractivity (Wildman–Crippen MR) is 119 cm³/mol. The highest BCUT2D eigenvalue weighted by atomic mass is 19.1. The van der Waals surface area contributed by atoms with Crippen LogP contribution in [0.15, 0.2) is 18.2 Å². The van der Waals surface area contributed by atoms with Gasteiger partial charge in [0.15, 0.2) is 0 Å². The third-order valence-corrected chi connectivity index (χ3v) is 5.44. The number of carbonyl (C=O) groups excluding carboxylic acids is 3. The van der Waals surface area contributed by atoms with E-state index in [1.54, 1.807) is 17.0 Å². The molecule has 2 fully saturated rings. The van der Waals surface area contributed by atoms with E-state index in [1.807, 2.05) is 25.7 Å². The zero-order valence-electron chi connectivity index (χ0n) is 19.1. The van der Waals surface area contributed by atoms with Gasteiger partial charge in [-0.15, -0.1) is 0 Å². The van der Waals surface area contributed by atoms with Gasteiger partial charge in [-0.05, 0) is 39.0 Å². The van der Waals surface area contributed by atoms with Crippen molar-refractivity contribution < 1.29 is 23.5 Å². The Labute approximate surface area is 187 Å². The molecule has 2 heterocycles. The molecule has 2 N–H and O–H groups in total. The second kappa shape index (κ2) is 9.72. The molecule has 0 spiro atoms. The van der Waals surface area contributed by atoms with E-state index < -0.39 is 18.0 Å². The van der Waals surface area contributed by atoms with E-state index in [-0.39, 0.29) is 37.0 Å². The molecule has 2 aliphatic heterocycles. The smallest absolute Gasteiger partial charge is 0.414 e. The van der Waals surface area contributed by atoms with Crippen LogP contribution in [0.5, 0.6) is 0 Å². The number of ether oxygens (including phenoxy) is 1. The number of rotatable bonds is 6. The molecule has 3 rings (SSSR count). The Kier molecular flexibility index (Phi) is 7.22. The van der Waals surface area contributed by atoms with Crippen LogP contribution in [0.4, 0.5) is 20.6 Å². The fraction of sp³-hybridized carbons (Fsp3) is 0.591. The monoisotopic (exact) mass is 449 g/mol. The van der Waals surface area contributed by atoms with Crippen LogP contribution in [-0.2, 0) is 14.3 Å². The highest BCUT2D eigenvalue weighted by molar-refractivity contribution is 5.90. The summed E-state index contributed by atoms with van der Waals surface area (Å²) in [6, 6.07) is 4.66. The summed E-state index contributed by atoms with van der Waals surface area (Å²) in [6.07, 6.45) is -1.05. The predicted octanol–water partition coefficient (Wildman–Crippen LogP) is 1.32. The van der Waals surface area contributed by atoms with Gasteiger partial charge in [0, 0.05) is 38.6 Å². The van der Waals surface area contributed by atoms with Gasteiger partial charge in [0.05, 0.1) is 31.0 Å². The van der Waals surface area contributed by atoms with E-state index >= 15 is 0 Å². The summed E-state index contributed by atoms with van der Waals surface area (Å²) in [4.78, 5) is 40.6. The molecule has 2 saturated heterocycles. The van der Waals surface area contributed by atoms with Crippen LogP contribution in [-0.4, -0.2) is 80.3 Å². The van der Waals surface area contributed by atoms with E-state index in [4.69, 9.17) is 4.74 Å². The van der Waals surface area contributed by atoms with Gasteiger partial charge in [0.1, 0.15) is 11.9 Å². The number of hydrogen-bond donors (Lipinski definition) is 2. The zero-order valence-corrected chi connectivity index (χ0v) is 19.1. The Hall–Kier alpha value is -2.88.